The van der Waals surface area contributed by atoms with Crippen LogP contribution in [0.3, 0.4) is 0 Å². The summed E-state index contributed by atoms with van der Waals surface area (Å²) in [5.74, 6) is 0. The first-order valence-electron chi connectivity index (χ1n) is 3.17. The number of hydrogen-bond acceptors (Lipinski definition) is 3. The quantitative estimate of drug-likeness (QED) is 0.636. The van der Waals surface area contributed by atoms with Gasteiger partial charge in [-0.15, -0.1) is 0 Å². The molecule has 0 aromatic carbocycles. The summed E-state index contributed by atoms with van der Waals surface area (Å²) in [6, 6.07) is 1.41. The molecule has 0 amide bonds. The second-order valence-electron chi connectivity index (χ2n) is 2.32. The van der Waals surface area contributed by atoms with E-state index in [9.17, 15) is 0 Å². The molecule has 0 radical (unpaired) electrons. The second-order valence-corrected chi connectivity index (χ2v) is 2.32. The fraction of sp³-hybridized carbons (Fsp3) is 0.429. The zero-order valence-electron chi connectivity index (χ0n) is 5.82. The van der Waals surface area contributed by atoms with Gasteiger partial charge in [-0.3, -0.25) is 0 Å². The zero-order valence-corrected chi connectivity index (χ0v) is 5.82. The minimum Gasteiger partial charge on any atom is -0.472 e. The van der Waals surface area contributed by atoms with Gasteiger partial charge in [0.15, 0.2) is 0 Å². The summed E-state index contributed by atoms with van der Waals surface area (Å²) in [5.41, 5.74) is 6.40. The molecule has 0 aliphatic carbocycles. The highest BCUT2D eigenvalue weighted by atomic mass is 16.3. The highest BCUT2D eigenvalue weighted by Gasteiger charge is 2.11. The largest absolute Gasteiger partial charge is 0.472 e. The molecule has 0 saturated heterocycles. The van der Waals surface area contributed by atoms with Gasteiger partial charge in [0, 0.05) is 5.56 Å². The Morgan fingerprint density at radius 3 is 2.80 bits per heavy atom. The molecule has 10 heavy (non-hydrogen) atoms. The van der Waals surface area contributed by atoms with Crippen molar-refractivity contribution in [3.05, 3.63) is 24.2 Å². The molecule has 0 bridgehead atoms. The first-order chi connectivity index (χ1) is 4.72. The number of nitrogens with two attached hydrogens (primary N) is 1. The molecule has 0 aliphatic heterocycles. The Morgan fingerprint density at radius 1 is 1.70 bits per heavy atom. The van der Waals surface area contributed by atoms with Crippen LogP contribution >= 0.6 is 0 Å². The molecule has 1 rings (SSSR count). The molecule has 2 atom stereocenters. The Labute approximate surface area is 59.5 Å². The van der Waals surface area contributed by atoms with E-state index < -0.39 is 6.10 Å². The lowest BCUT2D eigenvalue weighted by Gasteiger charge is -2.11. The van der Waals surface area contributed by atoms with Crippen LogP contribution in [-0.4, -0.2) is 11.2 Å². The van der Waals surface area contributed by atoms with Crippen LogP contribution < -0.4 is 5.73 Å². The predicted molar refractivity (Wildman–Crippen MR) is 37.3 cm³/mol. The molecule has 3 N–H and O–H groups in total. The molecular weight excluding hydrogens is 130 g/mol. The number of aliphatic hydroxyl groups is 1. The van der Waals surface area contributed by atoms with E-state index in [1.165, 1.54) is 12.5 Å². The zero-order chi connectivity index (χ0) is 7.56. The van der Waals surface area contributed by atoms with Gasteiger partial charge in [0.05, 0.1) is 24.7 Å². The molecule has 0 unspecified atom stereocenters. The van der Waals surface area contributed by atoms with Crippen molar-refractivity contribution < 1.29 is 9.52 Å². The summed E-state index contributed by atoms with van der Waals surface area (Å²) in [6.45, 7) is 1.65. The van der Waals surface area contributed by atoms with Crippen LogP contribution in [0.25, 0.3) is 0 Å². The lowest BCUT2D eigenvalue weighted by atomic mass is 10.1. The summed E-state index contributed by atoms with van der Waals surface area (Å²) < 4.78 is 4.79. The minimum absolute atomic E-state index is 0.334. The SMILES string of the molecule is C[C@@H](O)[C@H](N)c1ccoc1. The fourth-order valence-corrected chi connectivity index (χ4v) is 0.743. The van der Waals surface area contributed by atoms with E-state index in [1.807, 2.05) is 0 Å². The van der Waals surface area contributed by atoms with Crippen molar-refractivity contribution in [2.75, 3.05) is 0 Å². The van der Waals surface area contributed by atoms with Crippen molar-refractivity contribution in [1.29, 1.82) is 0 Å². The highest BCUT2D eigenvalue weighted by Crippen LogP contribution is 2.13. The average molecular weight is 141 g/mol. The average Bonchev–Trinajstić information content (AvgIpc) is 2.36. The Hall–Kier alpha value is -0.800. The van der Waals surface area contributed by atoms with Crippen LogP contribution in [0.15, 0.2) is 23.0 Å². The van der Waals surface area contributed by atoms with Crippen LogP contribution in [0.1, 0.15) is 18.5 Å². The summed E-state index contributed by atoms with van der Waals surface area (Å²) in [4.78, 5) is 0. The van der Waals surface area contributed by atoms with Crippen molar-refractivity contribution in [2.45, 2.75) is 19.1 Å². The van der Waals surface area contributed by atoms with Crippen LogP contribution in [0.4, 0.5) is 0 Å². The lowest BCUT2D eigenvalue weighted by Crippen LogP contribution is -2.22. The Morgan fingerprint density at radius 2 is 2.40 bits per heavy atom. The van der Waals surface area contributed by atoms with Gasteiger partial charge in [0.1, 0.15) is 0 Å². The molecule has 0 saturated carbocycles. The van der Waals surface area contributed by atoms with Gasteiger partial charge in [0.2, 0.25) is 0 Å². The number of aliphatic hydroxyl groups excluding tert-OH is 1. The number of hydrogen-bond donors (Lipinski definition) is 2. The maximum Gasteiger partial charge on any atom is 0.0951 e. The first kappa shape index (κ1) is 7.31. The fourth-order valence-electron chi connectivity index (χ4n) is 0.743. The second kappa shape index (κ2) is 2.86. The van der Waals surface area contributed by atoms with E-state index in [4.69, 9.17) is 15.3 Å². The maximum atomic E-state index is 9.03. The van der Waals surface area contributed by atoms with Crippen LogP contribution in [0, 0.1) is 0 Å². The Balaban J connectivity index is 2.68. The molecular formula is C7H11NO2. The van der Waals surface area contributed by atoms with Gasteiger partial charge in [-0.25, -0.2) is 0 Å². The molecule has 3 heteroatoms. The van der Waals surface area contributed by atoms with Gasteiger partial charge in [-0.2, -0.15) is 0 Å². The van der Waals surface area contributed by atoms with Crippen molar-refractivity contribution in [2.24, 2.45) is 5.73 Å². The molecule has 0 fully saturated rings. The standard InChI is InChI=1S/C7H11NO2/c1-5(9)7(8)6-2-3-10-4-6/h2-5,7,9H,8H2,1H3/t5-,7+/m1/s1. The number of rotatable bonds is 2. The molecule has 1 aromatic rings. The van der Waals surface area contributed by atoms with Gasteiger partial charge in [-0.05, 0) is 13.0 Å². The van der Waals surface area contributed by atoms with Crippen molar-refractivity contribution in [3.8, 4) is 0 Å². The Bertz CT molecular complexity index is 181. The number of furan rings is 1. The topological polar surface area (TPSA) is 59.4 Å². The van der Waals surface area contributed by atoms with E-state index in [1.54, 1.807) is 13.0 Å². The molecule has 3 nitrogen and oxygen atoms in total. The van der Waals surface area contributed by atoms with Gasteiger partial charge >= 0.3 is 0 Å². The first-order valence-corrected chi connectivity index (χ1v) is 3.17. The van der Waals surface area contributed by atoms with Gasteiger partial charge < -0.3 is 15.3 Å². The summed E-state index contributed by atoms with van der Waals surface area (Å²) in [7, 11) is 0. The third-order valence-corrected chi connectivity index (χ3v) is 1.45. The van der Waals surface area contributed by atoms with Crippen LogP contribution in [0.5, 0.6) is 0 Å². The van der Waals surface area contributed by atoms with Gasteiger partial charge in [-0.1, -0.05) is 0 Å². The molecule has 0 spiro atoms. The third kappa shape index (κ3) is 1.37. The summed E-state index contributed by atoms with van der Waals surface area (Å²) in [5, 5.41) is 9.03. The summed E-state index contributed by atoms with van der Waals surface area (Å²) in [6.07, 6.45) is 2.55. The molecule has 1 heterocycles. The summed E-state index contributed by atoms with van der Waals surface area (Å²) >= 11 is 0. The molecule has 1 aromatic heterocycles. The van der Waals surface area contributed by atoms with Crippen LogP contribution in [0.2, 0.25) is 0 Å². The van der Waals surface area contributed by atoms with E-state index in [-0.39, 0.29) is 6.04 Å². The normalized spacial score (nSPS) is 16.7. The van der Waals surface area contributed by atoms with Gasteiger partial charge in [0.25, 0.3) is 0 Å². The molecule has 56 valence electrons. The van der Waals surface area contributed by atoms with Crippen molar-refractivity contribution in [1.82, 2.24) is 0 Å². The molecule has 0 aliphatic rings. The van der Waals surface area contributed by atoms with Crippen molar-refractivity contribution >= 4 is 0 Å². The van der Waals surface area contributed by atoms with E-state index in [2.05, 4.69) is 0 Å². The lowest BCUT2D eigenvalue weighted by molar-refractivity contribution is 0.164. The van der Waals surface area contributed by atoms with E-state index >= 15 is 0 Å². The predicted octanol–water partition coefficient (Wildman–Crippen LogP) is 0.660. The minimum atomic E-state index is -0.530. The monoisotopic (exact) mass is 141 g/mol. The van der Waals surface area contributed by atoms with Crippen LogP contribution in [-0.2, 0) is 0 Å². The highest BCUT2D eigenvalue weighted by molar-refractivity contribution is 5.11. The van der Waals surface area contributed by atoms with Crippen molar-refractivity contribution in [3.63, 3.8) is 0 Å². The van der Waals surface area contributed by atoms with E-state index in [0.29, 0.717) is 0 Å². The van der Waals surface area contributed by atoms with E-state index in [0.717, 1.165) is 5.56 Å². The smallest absolute Gasteiger partial charge is 0.0951 e. The third-order valence-electron chi connectivity index (χ3n) is 1.45. The Kier molecular flexibility index (Phi) is 2.09. The maximum absolute atomic E-state index is 9.03.